The van der Waals surface area contributed by atoms with E-state index < -0.39 is 0 Å². The van der Waals surface area contributed by atoms with Gasteiger partial charge in [-0.25, -0.2) is 0 Å². The lowest BCUT2D eigenvalue weighted by molar-refractivity contribution is 0.0299. The number of likely N-dealkylation sites (tertiary alicyclic amines) is 1. The van der Waals surface area contributed by atoms with Crippen molar-refractivity contribution < 1.29 is 9.47 Å². The van der Waals surface area contributed by atoms with Crippen LogP contribution < -0.4 is 10.5 Å². The smallest absolute Gasteiger partial charge is 0.129 e. The summed E-state index contributed by atoms with van der Waals surface area (Å²) >= 11 is 5.03. The largest absolute Gasteiger partial charge is 0.493 e. The SMILES string of the molecule is COC1CCCN(CCCOc2ccccc2C(N)=S)C1. The van der Waals surface area contributed by atoms with Crippen LogP contribution in [0.2, 0.25) is 0 Å². The minimum Gasteiger partial charge on any atom is -0.493 e. The summed E-state index contributed by atoms with van der Waals surface area (Å²) in [6.45, 7) is 3.90. The number of nitrogens with two attached hydrogens (primary N) is 1. The van der Waals surface area contributed by atoms with Crippen LogP contribution in [0.25, 0.3) is 0 Å². The molecule has 4 nitrogen and oxygen atoms in total. The van der Waals surface area contributed by atoms with E-state index in [0.29, 0.717) is 17.7 Å². The minimum atomic E-state index is 0.379. The van der Waals surface area contributed by atoms with Gasteiger partial charge in [-0.15, -0.1) is 0 Å². The number of para-hydroxylation sites is 1. The molecule has 1 heterocycles. The van der Waals surface area contributed by atoms with E-state index in [-0.39, 0.29) is 0 Å². The zero-order valence-corrected chi connectivity index (χ0v) is 13.4. The molecule has 2 N–H and O–H groups in total. The van der Waals surface area contributed by atoms with Crippen LogP contribution in [0.15, 0.2) is 24.3 Å². The molecule has 0 bridgehead atoms. The molecule has 1 aliphatic rings. The molecular weight excluding hydrogens is 284 g/mol. The lowest BCUT2D eigenvalue weighted by Gasteiger charge is -2.31. The lowest BCUT2D eigenvalue weighted by atomic mass is 10.1. The molecule has 0 aliphatic carbocycles. The highest BCUT2D eigenvalue weighted by molar-refractivity contribution is 7.80. The van der Waals surface area contributed by atoms with E-state index >= 15 is 0 Å². The highest BCUT2D eigenvalue weighted by Crippen LogP contribution is 2.18. The lowest BCUT2D eigenvalue weighted by Crippen LogP contribution is -2.40. The van der Waals surface area contributed by atoms with Crippen molar-refractivity contribution in [2.45, 2.75) is 25.4 Å². The van der Waals surface area contributed by atoms with Gasteiger partial charge < -0.3 is 20.1 Å². The van der Waals surface area contributed by atoms with Gasteiger partial charge in [0, 0.05) is 20.2 Å². The third-order valence-electron chi connectivity index (χ3n) is 3.82. The fourth-order valence-electron chi connectivity index (χ4n) is 2.67. The first-order chi connectivity index (χ1) is 10.2. The van der Waals surface area contributed by atoms with Crippen LogP contribution in [0.5, 0.6) is 5.75 Å². The molecule has 0 amide bonds. The molecule has 0 saturated carbocycles. The number of benzene rings is 1. The van der Waals surface area contributed by atoms with Gasteiger partial charge in [0.25, 0.3) is 0 Å². The van der Waals surface area contributed by atoms with Crippen LogP contribution in [0.3, 0.4) is 0 Å². The van der Waals surface area contributed by atoms with E-state index in [4.69, 9.17) is 27.4 Å². The highest BCUT2D eigenvalue weighted by Gasteiger charge is 2.18. The molecule has 5 heteroatoms. The Bertz CT molecular complexity index is 467. The van der Waals surface area contributed by atoms with Gasteiger partial charge in [-0.05, 0) is 37.9 Å². The molecule has 1 aliphatic heterocycles. The molecule has 1 aromatic carbocycles. The number of ether oxygens (including phenoxy) is 2. The Morgan fingerprint density at radius 1 is 1.43 bits per heavy atom. The van der Waals surface area contributed by atoms with Crippen molar-refractivity contribution in [3.05, 3.63) is 29.8 Å². The summed E-state index contributed by atoms with van der Waals surface area (Å²) in [5.74, 6) is 0.776. The maximum Gasteiger partial charge on any atom is 0.129 e. The fraction of sp³-hybridized carbons (Fsp3) is 0.562. The van der Waals surface area contributed by atoms with Gasteiger partial charge >= 0.3 is 0 Å². The number of hydrogen-bond donors (Lipinski definition) is 1. The minimum absolute atomic E-state index is 0.379. The molecule has 21 heavy (non-hydrogen) atoms. The predicted molar refractivity (Wildman–Crippen MR) is 88.9 cm³/mol. The Kier molecular flexibility index (Phi) is 6.42. The number of methoxy groups -OCH3 is 1. The Hall–Kier alpha value is -1.17. The van der Waals surface area contributed by atoms with E-state index in [1.165, 1.54) is 12.8 Å². The average molecular weight is 308 g/mol. The number of rotatable bonds is 7. The molecule has 0 aromatic heterocycles. The van der Waals surface area contributed by atoms with Gasteiger partial charge in [0.1, 0.15) is 10.7 Å². The summed E-state index contributed by atoms with van der Waals surface area (Å²) in [6.07, 6.45) is 3.76. The van der Waals surface area contributed by atoms with Crippen molar-refractivity contribution in [3.63, 3.8) is 0 Å². The number of nitrogens with zero attached hydrogens (tertiary/aromatic N) is 1. The fourth-order valence-corrected chi connectivity index (χ4v) is 2.84. The normalized spacial score (nSPS) is 19.4. The van der Waals surface area contributed by atoms with Crippen molar-refractivity contribution in [2.24, 2.45) is 5.73 Å². The summed E-state index contributed by atoms with van der Waals surface area (Å²) in [4.78, 5) is 2.82. The molecule has 0 spiro atoms. The summed E-state index contributed by atoms with van der Waals surface area (Å²) in [6, 6.07) is 7.66. The van der Waals surface area contributed by atoms with Gasteiger partial charge in [0.2, 0.25) is 0 Å². The predicted octanol–water partition coefficient (Wildman–Crippen LogP) is 2.20. The Morgan fingerprint density at radius 3 is 3.00 bits per heavy atom. The zero-order chi connectivity index (χ0) is 15.1. The topological polar surface area (TPSA) is 47.7 Å². The maximum atomic E-state index is 5.82. The van der Waals surface area contributed by atoms with Crippen LogP contribution in [0.4, 0.5) is 0 Å². The Labute approximate surface area is 132 Å². The van der Waals surface area contributed by atoms with Crippen molar-refractivity contribution in [2.75, 3.05) is 33.4 Å². The van der Waals surface area contributed by atoms with Gasteiger partial charge in [-0.1, -0.05) is 24.4 Å². The average Bonchev–Trinajstić information content (AvgIpc) is 2.52. The number of piperidine rings is 1. The monoisotopic (exact) mass is 308 g/mol. The van der Waals surface area contributed by atoms with Crippen molar-refractivity contribution in [3.8, 4) is 5.75 Å². The summed E-state index contributed by atoms with van der Waals surface area (Å²) in [5.41, 5.74) is 6.51. The first-order valence-electron chi connectivity index (χ1n) is 7.47. The maximum absolute atomic E-state index is 5.82. The molecule has 1 aromatic rings. The van der Waals surface area contributed by atoms with Gasteiger partial charge in [0.15, 0.2) is 0 Å². The van der Waals surface area contributed by atoms with E-state index in [2.05, 4.69) is 4.90 Å². The van der Waals surface area contributed by atoms with Crippen molar-refractivity contribution >= 4 is 17.2 Å². The quantitative estimate of drug-likeness (QED) is 0.618. The molecule has 1 atom stereocenters. The first-order valence-corrected chi connectivity index (χ1v) is 7.88. The van der Waals surface area contributed by atoms with Gasteiger partial charge in [0.05, 0.1) is 18.3 Å². The van der Waals surface area contributed by atoms with Crippen LogP contribution in [0.1, 0.15) is 24.8 Å². The standard InChI is InChI=1S/C16H24N2O2S/c1-19-13-6-4-9-18(12-13)10-5-11-20-15-8-3-2-7-14(15)16(17)21/h2-3,7-8,13H,4-6,9-12H2,1H3,(H2,17,21). The second-order valence-electron chi connectivity index (χ2n) is 5.36. The highest BCUT2D eigenvalue weighted by atomic mass is 32.1. The van der Waals surface area contributed by atoms with E-state index in [1.807, 2.05) is 24.3 Å². The number of thiocarbonyl (C=S) groups is 1. The third kappa shape index (κ3) is 4.95. The van der Waals surface area contributed by atoms with Crippen molar-refractivity contribution in [1.82, 2.24) is 4.90 Å². The molecule has 1 fully saturated rings. The second-order valence-corrected chi connectivity index (χ2v) is 5.80. The van der Waals surface area contributed by atoms with Gasteiger partial charge in [-0.3, -0.25) is 0 Å². The summed E-state index contributed by atoms with van der Waals surface area (Å²) in [5, 5.41) is 0. The molecule has 1 unspecified atom stereocenters. The molecule has 2 rings (SSSR count). The summed E-state index contributed by atoms with van der Waals surface area (Å²) < 4.78 is 11.3. The first kappa shape index (κ1) is 16.2. The van der Waals surface area contributed by atoms with E-state index in [1.54, 1.807) is 7.11 Å². The number of hydrogen-bond acceptors (Lipinski definition) is 4. The van der Waals surface area contributed by atoms with Crippen LogP contribution in [0, 0.1) is 0 Å². The molecule has 1 saturated heterocycles. The molecular formula is C16H24N2O2S. The van der Waals surface area contributed by atoms with Crippen LogP contribution in [-0.2, 0) is 4.74 Å². The van der Waals surface area contributed by atoms with E-state index in [9.17, 15) is 0 Å². The third-order valence-corrected chi connectivity index (χ3v) is 4.04. The Balaban J connectivity index is 1.74. The second kappa shape index (κ2) is 8.32. The molecule has 0 radical (unpaired) electrons. The van der Waals surface area contributed by atoms with Gasteiger partial charge in [-0.2, -0.15) is 0 Å². The van der Waals surface area contributed by atoms with Crippen LogP contribution in [-0.4, -0.2) is 49.3 Å². The Morgan fingerprint density at radius 2 is 2.24 bits per heavy atom. The molecule has 116 valence electrons. The van der Waals surface area contributed by atoms with E-state index in [0.717, 1.165) is 37.4 Å². The zero-order valence-electron chi connectivity index (χ0n) is 12.6. The summed E-state index contributed by atoms with van der Waals surface area (Å²) in [7, 11) is 1.80. The van der Waals surface area contributed by atoms with Crippen LogP contribution >= 0.6 is 12.2 Å². The van der Waals surface area contributed by atoms with Crippen molar-refractivity contribution in [1.29, 1.82) is 0 Å².